The third kappa shape index (κ3) is 2.40. The van der Waals surface area contributed by atoms with Gasteiger partial charge in [0.15, 0.2) is 0 Å². The van der Waals surface area contributed by atoms with E-state index in [0.29, 0.717) is 6.54 Å². The van der Waals surface area contributed by atoms with Crippen LogP contribution in [-0.2, 0) is 4.79 Å². The van der Waals surface area contributed by atoms with Gasteiger partial charge >= 0.3 is 0 Å². The molecule has 1 aromatic rings. The number of hydrogen-bond acceptors (Lipinski definition) is 3. The quantitative estimate of drug-likeness (QED) is 0.776. The van der Waals surface area contributed by atoms with E-state index in [1.807, 2.05) is 25.1 Å². The number of aliphatic hydroxyl groups is 1. The smallest absolute Gasteiger partial charge is 0.248 e. The van der Waals surface area contributed by atoms with Crippen LogP contribution in [0.1, 0.15) is 36.4 Å². The van der Waals surface area contributed by atoms with E-state index in [9.17, 15) is 4.79 Å². The summed E-state index contributed by atoms with van der Waals surface area (Å²) < 4.78 is 0. The Kier molecular flexibility index (Phi) is 3.99. The van der Waals surface area contributed by atoms with Gasteiger partial charge in [0, 0.05) is 24.4 Å². The van der Waals surface area contributed by atoms with Crippen LogP contribution in [0.4, 0.5) is 5.69 Å². The highest BCUT2D eigenvalue weighted by Crippen LogP contribution is 2.35. The van der Waals surface area contributed by atoms with Crippen molar-refractivity contribution in [3.8, 4) is 0 Å². The second kappa shape index (κ2) is 5.50. The van der Waals surface area contributed by atoms with E-state index in [4.69, 9.17) is 10.8 Å². The third-order valence-electron chi connectivity index (χ3n) is 3.38. The van der Waals surface area contributed by atoms with Crippen LogP contribution < -0.4 is 10.6 Å². The first-order chi connectivity index (χ1) is 8.65. The second-order valence-corrected chi connectivity index (χ2v) is 4.81. The van der Waals surface area contributed by atoms with E-state index in [2.05, 4.69) is 0 Å². The topological polar surface area (TPSA) is 66.6 Å². The number of unbranched alkanes of at least 4 members (excludes halogenated alkanes) is 2. The summed E-state index contributed by atoms with van der Waals surface area (Å²) in [4.78, 5) is 13.9. The molecular formula is C14H20N2O2. The predicted molar refractivity (Wildman–Crippen MR) is 71.4 cm³/mol. The second-order valence-electron chi connectivity index (χ2n) is 4.81. The van der Waals surface area contributed by atoms with Crippen LogP contribution in [-0.4, -0.2) is 24.2 Å². The molecule has 0 saturated heterocycles. The average molecular weight is 248 g/mol. The van der Waals surface area contributed by atoms with Crippen molar-refractivity contribution < 1.29 is 9.90 Å². The summed E-state index contributed by atoms with van der Waals surface area (Å²) in [6.45, 7) is 2.90. The van der Waals surface area contributed by atoms with Crippen molar-refractivity contribution in [2.45, 2.75) is 32.2 Å². The molecule has 1 amide bonds. The standard InChI is InChI=1S/C14H20N2O2/c1-10-5-6-12-11(9-10)13(15)14(18)16(12)7-3-2-4-8-17/h5-6,9,13,17H,2-4,7-8,15H2,1H3. The first-order valence-electron chi connectivity index (χ1n) is 6.43. The van der Waals surface area contributed by atoms with E-state index in [1.165, 1.54) is 0 Å². The Bertz CT molecular complexity index is 445. The lowest BCUT2D eigenvalue weighted by Gasteiger charge is -2.17. The number of hydrogen-bond donors (Lipinski definition) is 2. The molecule has 0 fully saturated rings. The third-order valence-corrected chi connectivity index (χ3v) is 3.38. The van der Waals surface area contributed by atoms with Gasteiger partial charge in [-0.3, -0.25) is 4.79 Å². The zero-order valence-electron chi connectivity index (χ0n) is 10.7. The normalized spacial score (nSPS) is 18.3. The zero-order valence-corrected chi connectivity index (χ0v) is 10.7. The largest absolute Gasteiger partial charge is 0.396 e. The first kappa shape index (κ1) is 13.1. The van der Waals surface area contributed by atoms with Crippen LogP contribution in [0.3, 0.4) is 0 Å². The number of benzene rings is 1. The van der Waals surface area contributed by atoms with Crippen LogP contribution in [0.2, 0.25) is 0 Å². The van der Waals surface area contributed by atoms with Crippen molar-refractivity contribution in [2.24, 2.45) is 5.73 Å². The van der Waals surface area contributed by atoms with Crippen molar-refractivity contribution in [3.63, 3.8) is 0 Å². The van der Waals surface area contributed by atoms with Gasteiger partial charge in [0.1, 0.15) is 6.04 Å². The molecule has 0 radical (unpaired) electrons. The molecule has 18 heavy (non-hydrogen) atoms. The highest BCUT2D eigenvalue weighted by Gasteiger charge is 2.34. The Morgan fingerprint density at radius 1 is 1.33 bits per heavy atom. The molecule has 1 atom stereocenters. The van der Waals surface area contributed by atoms with Crippen molar-refractivity contribution in [1.29, 1.82) is 0 Å². The van der Waals surface area contributed by atoms with E-state index >= 15 is 0 Å². The molecule has 1 unspecified atom stereocenters. The fourth-order valence-electron chi connectivity index (χ4n) is 2.38. The lowest BCUT2D eigenvalue weighted by molar-refractivity contribution is -0.119. The zero-order chi connectivity index (χ0) is 13.1. The molecule has 98 valence electrons. The van der Waals surface area contributed by atoms with Crippen molar-refractivity contribution in [2.75, 3.05) is 18.1 Å². The molecule has 3 N–H and O–H groups in total. The Hall–Kier alpha value is -1.39. The van der Waals surface area contributed by atoms with E-state index in [1.54, 1.807) is 4.90 Å². The van der Waals surface area contributed by atoms with Crippen LogP contribution >= 0.6 is 0 Å². The minimum Gasteiger partial charge on any atom is -0.396 e. The number of fused-ring (bicyclic) bond motifs is 1. The number of carbonyl (C=O) groups excluding carboxylic acids is 1. The lowest BCUT2D eigenvalue weighted by atomic mass is 10.1. The number of carbonyl (C=O) groups is 1. The van der Waals surface area contributed by atoms with Gasteiger partial charge in [0.2, 0.25) is 5.91 Å². The summed E-state index contributed by atoms with van der Waals surface area (Å²) in [6.07, 6.45) is 2.61. The number of nitrogens with two attached hydrogens (primary N) is 1. The fourth-order valence-corrected chi connectivity index (χ4v) is 2.38. The SMILES string of the molecule is Cc1ccc2c(c1)C(N)C(=O)N2CCCCCO. The maximum Gasteiger partial charge on any atom is 0.248 e. The van der Waals surface area contributed by atoms with E-state index in [0.717, 1.165) is 36.1 Å². The van der Waals surface area contributed by atoms with Gasteiger partial charge in [0.25, 0.3) is 0 Å². The van der Waals surface area contributed by atoms with Crippen molar-refractivity contribution in [1.82, 2.24) is 0 Å². The number of nitrogens with zero attached hydrogens (tertiary/aromatic N) is 1. The Labute approximate surface area is 107 Å². The van der Waals surface area contributed by atoms with Crippen LogP contribution in [0.15, 0.2) is 18.2 Å². The minimum absolute atomic E-state index is 0.0143. The van der Waals surface area contributed by atoms with Crippen LogP contribution in [0.5, 0.6) is 0 Å². The first-order valence-corrected chi connectivity index (χ1v) is 6.43. The molecule has 1 aliphatic rings. The molecule has 0 aromatic heterocycles. The summed E-state index contributed by atoms with van der Waals surface area (Å²) in [6, 6.07) is 5.45. The van der Waals surface area contributed by atoms with Gasteiger partial charge in [0.05, 0.1) is 0 Å². The van der Waals surface area contributed by atoms with Gasteiger partial charge in [-0.05, 0) is 32.3 Å². The van der Waals surface area contributed by atoms with E-state index in [-0.39, 0.29) is 12.5 Å². The summed E-state index contributed by atoms with van der Waals surface area (Å²) in [7, 11) is 0. The van der Waals surface area contributed by atoms with Gasteiger partial charge in [-0.1, -0.05) is 17.7 Å². The van der Waals surface area contributed by atoms with Crippen LogP contribution in [0, 0.1) is 6.92 Å². The fraction of sp³-hybridized carbons (Fsp3) is 0.500. The summed E-state index contributed by atoms with van der Waals surface area (Å²) in [5, 5.41) is 8.74. The molecule has 1 aliphatic heterocycles. The summed E-state index contributed by atoms with van der Waals surface area (Å²) in [5.74, 6) is -0.0143. The number of anilines is 1. The molecule has 4 heteroatoms. The maximum atomic E-state index is 12.1. The summed E-state index contributed by atoms with van der Waals surface area (Å²) in [5.41, 5.74) is 8.95. The highest BCUT2D eigenvalue weighted by molar-refractivity contribution is 6.04. The molecule has 2 rings (SSSR count). The Morgan fingerprint density at radius 2 is 2.11 bits per heavy atom. The molecule has 0 spiro atoms. The average Bonchev–Trinajstić information content (AvgIpc) is 2.59. The van der Waals surface area contributed by atoms with Crippen molar-refractivity contribution in [3.05, 3.63) is 29.3 Å². The molecule has 4 nitrogen and oxygen atoms in total. The van der Waals surface area contributed by atoms with E-state index < -0.39 is 6.04 Å². The van der Waals surface area contributed by atoms with Crippen LogP contribution in [0.25, 0.3) is 0 Å². The van der Waals surface area contributed by atoms with Gasteiger partial charge < -0.3 is 15.7 Å². The summed E-state index contributed by atoms with van der Waals surface area (Å²) >= 11 is 0. The molecular weight excluding hydrogens is 228 g/mol. The number of rotatable bonds is 5. The lowest BCUT2D eigenvalue weighted by Crippen LogP contribution is -2.32. The number of amides is 1. The maximum absolute atomic E-state index is 12.1. The van der Waals surface area contributed by atoms with Crippen molar-refractivity contribution >= 4 is 11.6 Å². The minimum atomic E-state index is -0.516. The predicted octanol–water partition coefficient (Wildman–Crippen LogP) is 1.50. The molecule has 1 heterocycles. The van der Waals surface area contributed by atoms with Gasteiger partial charge in [-0.15, -0.1) is 0 Å². The number of aliphatic hydroxyl groups excluding tert-OH is 1. The number of aryl methyl sites for hydroxylation is 1. The Balaban J connectivity index is 2.11. The van der Waals surface area contributed by atoms with Gasteiger partial charge in [-0.25, -0.2) is 0 Å². The molecule has 0 saturated carbocycles. The molecule has 0 bridgehead atoms. The monoisotopic (exact) mass is 248 g/mol. The highest BCUT2D eigenvalue weighted by atomic mass is 16.2. The Morgan fingerprint density at radius 3 is 2.83 bits per heavy atom. The molecule has 0 aliphatic carbocycles. The van der Waals surface area contributed by atoms with Gasteiger partial charge in [-0.2, -0.15) is 0 Å². The molecule has 1 aromatic carbocycles.